The van der Waals surface area contributed by atoms with Gasteiger partial charge in [0.1, 0.15) is 11.8 Å². The molecule has 0 aliphatic heterocycles. The van der Waals surface area contributed by atoms with Gasteiger partial charge >= 0.3 is 0 Å². The number of aromatic nitrogens is 1. The van der Waals surface area contributed by atoms with Crippen LogP contribution < -0.4 is 0 Å². The van der Waals surface area contributed by atoms with Crippen molar-refractivity contribution in [3.63, 3.8) is 0 Å². The van der Waals surface area contributed by atoms with Gasteiger partial charge in [-0.3, -0.25) is 0 Å². The lowest BCUT2D eigenvalue weighted by Gasteiger charge is -1.95. The molecule has 2 nitrogen and oxygen atoms in total. The Bertz CT molecular complexity index is 278. The highest BCUT2D eigenvalue weighted by Crippen LogP contribution is 2.11. The van der Waals surface area contributed by atoms with E-state index in [2.05, 4.69) is 4.98 Å². The molecule has 1 rings (SSSR count). The molecule has 0 spiro atoms. The molecule has 3 heteroatoms. The third kappa shape index (κ3) is 2.24. The van der Waals surface area contributed by atoms with Gasteiger partial charge in [0.25, 0.3) is 0 Å². The van der Waals surface area contributed by atoms with Gasteiger partial charge in [-0.05, 0) is 24.0 Å². The van der Waals surface area contributed by atoms with Gasteiger partial charge in [0.05, 0.1) is 0 Å². The Morgan fingerprint density at radius 2 is 2.55 bits per heavy atom. The van der Waals surface area contributed by atoms with Crippen molar-refractivity contribution >= 4 is 11.8 Å². The fraction of sp³-hybridized carbons (Fsp3) is 0.125. The Balaban J connectivity index is 2.85. The quantitative estimate of drug-likeness (QED) is 0.667. The highest BCUT2D eigenvalue weighted by molar-refractivity contribution is 8.00. The Hall–Kier alpha value is -1.01. The molecule has 0 bridgehead atoms. The summed E-state index contributed by atoms with van der Waals surface area (Å²) in [4.78, 5) is 3.85. The maximum atomic E-state index is 8.50. The molecule has 0 amide bonds. The Kier molecular flexibility index (Phi) is 2.94. The first-order valence-electron chi connectivity index (χ1n) is 3.09. The molecule has 0 saturated heterocycles. The lowest BCUT2D eigenvalue weighted by atomic mass is 10.2. The van der Waals surface area contributed by atoms with Gasteiger partial charge in [0.15, 0.2) is 0 Å². The van der Waals surface area contributed by atoms with Gasteiger partial charge in [0, 0.05) is 11.9 Å². The van der Waals surface area contributed by atoms with Gasteiger partial charge < -0.3 is 0 Å². The van der Waals surface area contributed by atoms with Crippen LogP contribution in [0.4, 0.5) is 0 Å². The molecular formula is C8H7N2S. The van der Waals surface area contributed by atoms with Gasteiger partial charge in [-0.1, -0.05) is 0 Å². The second-order valence-corrected chi connectivity index (χ2v) is 2.65. The first-order valence-corrected chi connectivity index (χ1v) is 4.38. The molecule has 0 atom stereocenters. The number of nitrogens with zero attached hydrogens (tertiary/aromatic N) is 2. The third-order valence-electron chi connectivity index (χ3n) is 1.15. The number of hydrogen-bond donors (Lipinski definition) is 0. The summed E-state index contributed by atoms with van der Waals surface area (Å²) < 4.78 is 0. The zero-order chi connectivity index (χ0) is 8.10. The SMILES string of the molecule is CS[CH]c1ccnc(C#N)c1. The summed E-state index contributed by atoms with van der Waals surface area (Å²) in [5, 5.41) is 8.50. The van der Waals surface area contributed by atoms with Crippen LogP contribution in [0.1, 0.15) is 11.3 Å². The molecule has 0 N–H and O–H groups in total. The lowest BCUT2D eigenvalue weighted by molar-refractivity contribution is 1.25. The van der Waals surface area contributed by atoms with E-state index in [1.54, 1.807) is 24.0 Å². The Labute approximate surface area is 70.3 Å². The van der Waals surface area contributed by atoms with E-state index in [0.29, 0.717) is 5.69 Å². The van der Waals surface area contributed by atoms with Crippen molar-refractivity contribution in [3.05, 3.63) is 35.3 Å². The van der Waals surface area contributed by atoms with Crippen LogP contribution in [0.25, 0.3) is 0 Å². The maximum absolute atomic E-state index is 8.50. The zero-order valence-electron chi connectivity index (χ0n) is 6.11. The van der Waals surface area contributed by atoms with Gasteiger partial charge in [0.2, 0.25) is 0 Å². The minimum absolute atomic E-state index is 0.466. The smallest absolute Gasteiger partial charge is 0.140 e. The fourth-order valence-corrected chi connectivity index (χ4v) is 1.14. The van der Waals surface area contributed by atoms with Crippen molar-refractivity contribution in [2.75, 3.05) is 6.26 Å². The predicted octanol–water partition coefficient (Wildman–Crippen LogP) is 1.83. The summed E-state index contributed by atoms with van der Waals surface area (Å²) in [6.07, 6.45) is 3.62. The van der Waals surface area contributed by atoms with Crippen LogP contribution in [0, 0.1) is 17.1 Å². The van der Waals surface area contributed by atoms with Crippen LogP contribution in [-0.2, 0) is 0 Å². The number of pyridine rings is 1. The van der Waals surface area contributed by atoms with E-state index in [-0.39, 0.29) is 0 Å². The molecule has 1 aromatic heterocycles. The summed E-state index contributed by atoms with van der Waals surface area (Å²) in [7, 11) is 0. The van der Waals surface area contributed by atoms with Crippen LogP contribution >= 0.6 is 11.8 Å². The summed E-state index contributed by atoms with van der Waals surface area (Å²) >= 11 is 1.61. The third-order valence-corrected chi connectivity index (χ3v) is 1.66. The van der Waals surface area contributed by atoms with Crippen molar-refractivity contribution in [1.29, 1.82) is 5.26 Å². The molecule has 1 aromatic rings. The maximum Gasteiger partial charge on any atom is 0.140 e. The first-order chi connectivity index (χ1) is 5.36. The zero-order valence-corrected chi connectivity index (χ0v) is 6.93. The van der Waals surface area contributed by atoms with Crippen LogP contribution in [0.5, 0.6) is 0 Å². The topological polar surface area (TPSA) is 36.7 Å². The molecule has 0 aliphatic carbocycles. The molecule has 0 aliphatic rings. The van der Waals surface area contributed by atoms with E-state index in [0.717, 1.165) is 5.56 Å². The van der Waals surface area contributed by atoms with Crippen molar-refractivity contribution in [2.24, 2.45) is 0 Å². The minimum Gasteiger partial charge on any atom is -0.246 e. The number of hydrogen-bond acceptors (Lipinski definition) is 3. The van der Waals surface area contributed by atoms with E-state index in [4.69, 9.17) is 5.26 Å². The van der Waals surface area contributed by atoms with E-state index in [1.165, 1.54) is 0 Å². The highest BCUT2D eigenvalue weighted by atomic mass is 32.2. The monoisotopic (exact) mass is 163 g/mol. The standard InChI is InChI=1S/C8H7N2S/c1-11-6-7-2-3-10-8(4-7)5-9/h2-4,6H,1H3. The number of nitriles is 1. The predicted molar refractivity (Wildman–Crippen MR) is 45.9 cm³/mol. The van der Waals surface area contributed by atoms with Crippen LogP contribution in [0.3, 0.4) is 0 Å². The minimum atomic E-state index is 0.466. The van der Waals surface area contributed by atoms with Crippen LogP contribution in [-0.4, -0.2) is 11.2 Å². The molecule has 0 saturated carbocycles. The molecule has 0 fully saturated rings. The molecule has 0 aromatic carbocycles. The van der Waals surface area contributed by atoms with E-state index in [1.807, 2.05) is 24.1 Å². The van der Waals surface area contributed by atoms with Crippen molar-refractivity contribution < 1.29 is 0 Å². The Morgan fingerprint density at radius 1 is 1.73 bits per heavy atom. The molecule has 1 heterocycles. The summed E-state index contributed by atoms with van der Waals surface area (Å²) in [6.45, 7) is 0. The van der Waals surface area contributed by atoms with Crippen molar-refractivity contribution in [1.82, 2.24) is 4.98 Å². The normalized spacial score (nSPS) is 9.09. The average molecular weight is 163 g/mol. The lowest BCUT2D eigenvalue weighted by Crippen LogP contribution is -1.83. The number of rotatable bonds is 2. The molecule has 55 valence electrons. The van der Waals surface area contributed by atoms with E-state index < -0.39 is 0 Å². The van der Waals surface area contributed by atoms with Gasteiger partial charge in [-0.15, -0.1) is 0 Å². The van der Waals surface area contributed by atoms with Crippen molar-refractivity contribution in [3.8, 4) is 6.07 Å². The first kappa shape index (κ1) is 8.09. The van der Waals surface area contributed by atoms with Crippen LogP contribution in [0.15, 0.2) is 18.3 Å². The average Bonchev–Trinajstić information content (AvgIpc) is 2.06. The highest BCUT2D eigenvalue weighted by Gasteiger charge is 1.94. The van der Waals surface area contributed by atoms with E-state index in [9.17, 15) is 0 Å². The van der Waals surface area contributed by atoms with Crippen molar-refractivity contribution in [2.45, 2.75) is 0 Å². The summed E-state index contributed by atoms with van der Waals surface area (Å²) in [6, 6.07) is 5.62. The molecule has 1 radical (unpaired) electrons. The van der Waals surface area contributed by atoms with Gasteiger partial charge in [-0.2, -0.15) is 17.0 Å². The fourth-order valence-electron chi connectivity index (χ4n) is 0.717. The second kappa shape index (κ2) is 3.99. The Morgan fingerprint density at radius 3 is 3.18 bits per heavy atom. The number of thioether (sulfide) groups is 1. The van der Waals surface area contributed by atoms with E-state index >= 15 is 0 Å². The summed E-state index contributed by atoms with van der Waals surface area (Å²) in [5.74, 6) is 1.97. The molecule has 11 heavy (non-hydrogen) atoms. The summed E-state index contributed by atoms with van der Waals surface area (Å²) in [5.41, 5.74) is 1.50. The van der Waals surface area contributed by atoms with Gasteiger partial charge in [-0.25, -0.2) is 4.98 Å². The second-order valence-electron chi connectivity index (χ2n) is 1.94. The van der Waals surface area contributed by atoms with Crippen LogP contribution in [0.2, 0.25) is 0 Å². The molecule has 0 unspecified atom stereocenters. The largest absolute Gasteiger partial charge is 0.246 e. The molecular weight excluding hydrogens is 156 g/mol.